The van der Waals surface area contributed by atoms with Gasteiger partial charge in [0.2, 0.25) is 0 Å². The number of hydrogen-bond acceptors (Lipinski definition) is 5. The Morgan fingerprint density at radius 3 is 2.80 bits per heavy atom. The lowest BCUT2D eigenvalue weighted by molar-refractivity contribution is -0.153. The van der Waals surface area contributed by atoms with Gasteiger partial charge in [-0.25, -0.2) is 0 Å². The average molecular weight is 347 g/mol. The van der Waals surface area contributed by atoms with Crippen LogP contribution in [0.1, 0.15) is 38.2 Å². The molecule has 4 atom stereocenters. The number of carboxylic acid groups (broad SMARTS) is 1. The molecule has 0 aliphatic heterocycles. The lowest BCUT2D eigenvalue weighted by atomic mass is 9.91. The minimum Gasteiger partial charge on any atom is -0.493 e. The van der Waals surface area contributed by atoms with Crippen molar-refractivity contribution < 1.29 is 24.2 Å². The van der Waals surface area contributed by atoms with Gasteiger partial charge < -0.3 is 20.3 Å². The Morgan fingerprint density at radius 2 is 2.12 bits per heavy atom. The van der Waals surface area contributed by atoms with E-state index in [0.29, 0.717) is 25.2 Å². The van der Waals surface area contributed by atoms with Crippen molar-refractivity contribution in [3.63, 3.8) is 0 Å². The Balaban J connectivity index is 1.61. The van der Waals surface area contributed by atoms with E-state index in [1.807, 2.05) is 24.3 Å². The lowest BCUT2D eigenvalue weighted by Crippen LogP contribution is -2.50. The van der Waals surface area contributed by atoms with E-state index in [0.717, 1.165) is 18.4 Å². The van der Waals surface area contributed by atoms with Crippen molar-refractivity contribution in [2.24, 2.45) is 23.5 Å². The number of ether oxygens (including phenoxy) is 2. The van der Waals surface area contributed by atoms with Crippen LogP contribution in [0.5, 0.6) is 5.75 Å². The molecule has 136 valence electrons. The van der Waals surface area contributed by atoms with Crippen LogP contribution >= 0.6 is 0 Å². The van der Waals surface area contributed by atoms with E-state index in [4.69, 9.17) is 15.2 Å². The lowest BCUT2D eigenvalue weighted by Gasteiger charge is -2.25. The van der Waals surface area contributed by atoms with Crippen molar-refractivity contribution in [1.29, 1.82) is 0 Å². The minimum atomic E-state index is -1.17. The van der Waals surface area contributed by atoms with E-state index >= 15 is 0 Å². The molecule has 1 aromatic rings. The summed E-state index contributed by atoms with van der Waals surface area (Å²) in [5.41, 5.74) is 5.86. The highest BCUT2D eigenvalue weighted by Gasteiger charge is 2.70. The molecular formula is C19H25NO5. The third kappa shape index (κ3) is 3.35. The highest BCUT2D eigenvalue weighted by atomic mass is 16.5. The standard InChI is InChI=1S/C19H25NO5/c1-2-3-10-24-14-7-5-4-6-12(14)11-25-18(23)19(20)9-8-13-15(16(13)19)17(21)22/h4-7,13,15-16H,2-3,8-11,20H2,1H3,(H,21,22). The average Bonchev–Trinajstić information content (AvgIpc) is 3.25. The second kappa shape index (κ2) is 7.04. The van der Waals surface area contributed by atoms with E-state index in [9.17, 15) is 14.7 Å². The van der Waals surface area contributed by atoms with E-state index in [1.54, 1.807) is 0 Å². The molecule has 2 aliphatic carbocycles. The fourth-order valence-corrected chi connectivity index (χ4v) is 3.95. The number of carbonyl (C=O) groups excluding carboxylic acids is 1. The van der Waals surface area contributed by atoms with Crippen LogP contribution in [-0.2, 0) is 20.9 Å². The van der Waals surface area contributed by atoms with Crippen LogP contribution in [0.15, 0.2) is 24.3 Å². The summed E-state index contributed by atoms with van der Waals surface area (Å²) >= 11 is 0. The van der Waals surface area contributed by atoms with Crippen molar-refractivity contribution in [1.82, 2.24) is 0 Å². The highest BCUT2D eigenvalue weighted by Crippen LogP contribution is 2.61. The molecule has 2 fully saturated rings. The summed E-state index contributed by atoms with van der Waals surface area (Å²) in [5, 5.41) is 9.20. The summed E-state index contributed by atoms with van der Waals surface area (Å²) in [7, 11) is 0. The minimum absolute atomic E-state index is 0.0136. The molecule has 6 nitrogen and oxygen atoms in total. The third-order valence-corrected chi connectivity index (χ3v) is 5.41. The number of aliphatic carboxylic acids is 1. The molecule has 6 heteroatoms. The zero-order valence-corrected chi connectivity index (χ0v) is 14.4. The van der Waals surface area contributed by atoms with Gasteiger partial charge in [0.1, 0.15) is 17.9 Å². The first-order chi connectivity index (χ1) is 12.0. The largest absolute Gasteiger partial charge is 0.493 e. The number of nitrogens with two attached hydrogens (primary N) is 1. The summed E-state index contributed by atoms with van der Waals surface area (Å²) in [6, 6.07) is 7.44. The number of para-hydroxylation sites is 1. The summed E-state index contributed by atoms with van der Waals surface area (Å²) < 4.78 is 11.2. The molecule has 25 heavy (non-hydrogen) atoms. The molecule has 1 aromatic carbocycles. The fourth-order valence-electron chi connectivity index (χ4n) is 3.95. The van der Waals surface area contributed by atoms with Crippen LogP contribution in [0.4, 0.5) is 0 Å². The molecule has 0 saturated heterocycles. The quantitative estimate of drug-likeness (QED) is 0.553. The van der Waals surface area contributed by atoms with Crippen molar-refractivity contribution in [3.05, 3.63) is 29.8 Å². The van der Waals surface area contributed by atoms with Crippen LogP contribution < -0.4 is 10.5 Å². The number of rotatable bonds is 8. The van der Waals surface area contributed by atoms with Gasteiger partial charge in [0.15, 0.2) is 0 Å². The number of esters is 1. The Bertz CT molecular complexity index is 661. The van der Waals surface area contributed by atoms with Crippen LogP contribution in [0.25, 0.3) is 0 Å². The fraction of sp³-hybridized carbons (Fsp3) is 0.579. The van der Waals surface area contributed by atoms with Crippen LogP contribution in [0, 0.1) is 17.8 Å². The number of benzene rings is 1. The maximum atomic E-state index is 12.5. The highest BCUT2D eigenvalue weighted by molar-refractivity contribution is 5.86. The Hall–Kier alpha value is -2.08. The molecule has 0 heterocycles. The van der Waals surface area contributed by atoms with Crippen molar-refractivity contribution >= 4 is 11.9 Å². The molecule has 3 N–H and O–H groups in total. The van der Waals surface area contributed by atoms with Gasteiger partial charge in [-0.15, -0.1) is 0 Å². The van der Waals surface area contributed by atoms with Crippen molar-refractivity contribution in [2.75, 3.05) is 6.61 Å². The van der Waals surface area contributed by atoms with Crippen molar-refractivity contribution in [2.45, 2.75) is 44.8 Å². The topological polar surface area (TPSA) is 98.9 Å². The molecule has 0 spiro atoms. The van der Waals surface area contributed by atoms with Crippen LogP contribution in [-0.4, -0.2) is 29.2 Å². The zero-order valence-electron chi connectivity index (χ0n) is 14.4. The summed E-state index contributed by atoms with van der Waals surface area (Å²) in [6.45, 7) is 2.79. The molecule has 0 bridgehead atoms. The smallest absolute Gasteiger partial charge is 0.326 e. The normalized spacial score (nSPS) is 29.8. The molecule has 4 unspecified atom stereocenters. The van der Waals surface area contributed by atoms with Gasteiger partial charge in [-0.1, -0.05) is 31.5 Å². The number of hydrogen-bond donors (Lipinski definition) is 2. The number of unbranched alkanes of at least 4 members (excludes halogenated alkanes) is 1. The zero-order chi connectivity index (χ0) is 18.0. The number of fused-ring (bicyclic) bond motifs is 1. The van der Waals surface area contributed by atoms with Crippen LogP contribution in [0.3, 0.4) is 0 Å². The van der Waals surface area contributed by atoms with Gasteiger partial charge in [0, 0.05) is 11.5 Å². The number of carbonyl (C=O) groups is 2. The monoisotopic (exact) mass is 347 g/mol. The van der Waals surface area contributed by atoms with E-state index in [-0.39, 0.29) is 18.4 Å². The summed E-state index contributed by atoms with van der Waals surface area (Å²) in [6.07, 6.45) is 3.16. The molecule has 2 aliphatic rings. The third-order valence-electron chi connectivity index (χ3n) is 5.41. The van der Waals surface area contributed by atoms with Gasteiger partial charge in [-0.05, 0) is 31.2 Å². The summed E-state index contributed by atoms with van der Waals surface area (Å²) in [5.74, 6) is -1.46. The molecule has 0 radical (unpaired) electrons. The van der Waals surface area contributed by atoms with E-state index < -0.39 is 23.4 Å². The Morgan fingerprint density at radius 1 is 1.36 bits per heavy atom. The van der Waals surface area contributed by atoms with Crippen molar-refractivity contribution in [3.8, 4) is 5.75 Å². The first-order valence-corrected chi connectivity index (χ1v) is 8.88. The number of carboxylic acids is 1. The first kappa shape index (κ1) is 17.7. The van der Waals surface area contributed by atoms with Gasteiger partial charge in [-0.2, -0.15) is 0 Å². The van der Waals surface area contributed by atoms with Gasteiger partial charge in [0.05, 0.1) is 12.5 Å². The first-order valence-electron chi connectivity index (χ1n) is 8.88. The maximum absolute atomic E-state index is 12.5. The predicted octanol–water partition coefficient (Wildman–Crippen LogP) is 2.35. The molecule has 2 saturated carbocycles. The maximum Gasteiger partial charge on any atom is 0.326 e. The summed E-state index contributed by atoms with van der Waals surface area (Å²) in [4.78, 5) is 23.7. The van der Waals surface area contributed by atoms with E-state index in [1.165, 1.54) is 0 Å². The predicted molar refractivity (Wildman–Crippen MR) is 90.9 cm³/mol. The second-order valence-electron chi connectivity index (χ2n) is 7.02. The van der Waals surface area contributed by atoms with Gasteiger partial charge in [0.25, 0.3) is 0 Å². The van der Waals surface area contributed by atoms with Crippen LogP contribution in [0.2, 0.25) is 0 Å². The molecule has 0 amide bonds. The molecule has 3 rings (SSSR count). The Labute approximate surface area is 147 Å². The Kier molecular flexibility index (Phi) is 4.99. The SMILES string of the molecule is CCCCOc1ccccc1COC(=O)C1(N)CCC2C(C(=O)O)C21. The second-order valence-corrected chi connectivity index (χ2v) is 7.02. The molecule has 0 aromatic heterocycles. The van der Waals surface area contributed by atoms with Gasteiger partial charge >= 0.3 is 11.9 Å². The van der Waals surface area contributed by atoms with E-state index in [2.05, 4.69) is 6.92 Å². The molecular weight excluding hydrogens is 322 g/mol. The van der Waals surface area contributed by atoms with Gasteiger partial charge in [-0.3, -0.25) is 9.59 Å².